The fourth-order valence-corrected chi connectivity index (χ4v) is 23.4. The summed E-state index contributed by atoms with van der Waals surface area (Å²) in [6.45, 7) is 9.59. The molecule has 0 aliphatic heterocycles. The Kier molecular flexibility index (Phi) is 18.1. The number of rotatable bonds is 8. The smallest absolute Gasteiger partial charge is 0.0541 e. The SMILES string of the molecule is CC1(C)c2ccccc2-c2cccc(-c3cc(-c4ccc5c6ccccc6c6ccccc6c5c4)cc(-c4cccc5c4C(C)(C)c4ccccc4-5)c3)c21.c1cc(-c2ccc3c4ccccc4c4ccccc4c3c2)cc(-n2c3ccccc3c3ccccc32)c1.c1ccc(-n2c3ccccc3c3cc(-c4ccc(-c5ccc6c7ccccc7c7ccccc7c6c5)cc4)ccc32)cc1. The largest absolute Gasteiger partial charge is 0.309 e. The van der Waals surface area contributed by atoms with Gasteiger partial charge in [-0.3, -0.25) is 0 Å². The maximum absolute atomic E-state index is 2.47. The van der Waals surface area contributed by atoms with Gasteiger partial charge >= 0.3 is 0 Å². The van der Waals surface area contributed by atoms with Gasteiger partial charge in [-0.05, 0) is 299 Å². The fraction of sp³-hybridized carbons (Fsp3) is 0.0455. The molecule has 0 saturated carbocycles. The molecular weight excluding hydrogens is 1610 g/mol. The Morgan fingerprint density at radius 1 is 0.134 bits per heavy atom. The van der Waals surface area contributed by atoms with E-state index in [1.165, 1.54) is 263 Å². The van der Waals surface area contributed by atoms with Crippen molar-refractivity contribution in [3.8, 4) is 100 Å². The van der Waals surface area contributed by atoms with Gasteiger partial charge in [-0.15, -0.1) is 0 Å². The van der Waals surface area contributed by atoms with Gasteiger partial charge in [0.1, 0.15) is 0 Å². The second kappa shape index (κ2) is 31.0. The summed E-state index contributed by atoms with van der Waals surface area (Å²) in [5.41, 5.74) is 33.0. The average molecular weight is 1700 g/mol. The normalized spacial score (nSPS) is 12.9. The van der Waals surface area contributed by atoms with Crippen LogP contribution in [0.15, 0.2) is 473 Å². The number of hydrogen-bond acceptors (Lipinski definition) is 0. The Morgan fingerprint density at radius 2 is 0.381 bits per heavy atom. The first-order chi connectivity index (χ1) is 66.0. The third-order valence-electron chi connectivity index (χ3n) is 29.5. The van der Waals surface area contributed by atoms with Crippen LogP contribution in [0.3, 0.4) is 0 Å². The van der Waals surface area contributed by atoms with Crippen LogP contribution in [-0.4, -0.2) is 9.13 Å². The summed E-state index contributed by atoms with van der Waals surface area (Å²) in [7, 11) is 0. The molecule has 26 aromatic rings. The molecule has 0 spiro atoms. The van der Waals surface area contributed by atoms with Crippen molar-refractivity contribution in [1.82, 2.24) is 9.13 Å². The van der Waals surface area contributed by atoms with Gasteiger partial charge in [0.25, 0.3) is 0 Å². The van der Waals surface area contributed by atoms with E-state index >= 15 is 0 Å². The number of hydrogen-bond donors (Lipinski definition) is 0. The van der Waals surface area contributed by atoms with Crippen molar-refractivity contribution in [2.45, 2.75) is 38.5 Å². The van der Waals surface area contributed by atoms with Crippen molar-refractivity contribution in [3.63, 3.8) is 0 Å². The number of fused-ring (bicyclic) bond motifs is 30. The van der Waals surface area contributed by atoms with Crippen LogP contribution in [0.5, 0.6) is 0 Å². The van der Waals surface area contributed by atoms with Gasteiger partial charge in [0, 0.05) is 43.7 Å². The van der Waals surface area contributed by atoms with Gasteiger partial charge < -0.3 is 9.13 Å². The minimum Gasteiger partial charge on any atom is -0.309 e. The predicted octanol–water partition coefficient (Wildman–Crippen LogP) is 36.2. The highest BCUT2D eigenvalue weighted by atomic mass is 15.0. The monoisotopic (exact) mass is 1700 g/mol. The van der Waals surface area contributed by atoms with Crippen molar-refractivity contribution < 1.29 is 0 Å². The van der Waals surface area contributed by atoms with Crippen molar-refractivity contribution >= 4 is 141 Å². The van der Waals surface area contributed by atoms with Crippen LogP contribution in [0.1, 0.15) is 49.9 Å². The Morgan fingerprint density at radius 3 is 0.784 bits per heavy atom. The summed E-state index contributed by atoms with van der Waals surface area (Å²) in [6, 6.07) is 175. The van der Waals surface area contributed by atoms with E-state index in [1.807, 2.05) is 0 Å². The third kappa shape index (κ3) is 12.4. The Balaban J connectivity index is 0.000000107. The number of nitrogens with zero attached hydrogens (tertiary/aromatic N) is 2. The highest BCUT2D eigenvalue weighted by Crippen LogP contribution is 2.56. The molecule has 2 aliphatic rings. The first-order valence-corrected chi connectivity index (χ1v) is 46.9. The van der Waals surface area contributed by atoms with Gasteiger partial charge in [-0.25, -0.2) is 0 Å². The highest BCUT2D eigenvalue weighted by Gasteiger charge is 2.40. The zero-order valence-electron chi connectivity index (χ0n) is 74.9. The molecule has 134 heavy (non-hydrogen) atoms. The summed E-state index contributed by atoms with van der Waals surface area (Å²) in [4.78, 5) is 0. The molecule has 0 bridgehead atoms. The summed E-state index contributed by atoms with van der Waals surface area (Å²) in [5.74, 6) is 0. The predicted molar refractivity (Wildman–Crippen MR) is 573 cm³/mol. The van der Waals surface area contributed by atoms with Gasteiger partial charge in [-0.2, -0.15) is 0 Å². The molecule has 2 nitrogen and oxygen atoms in total. The maximum atomic E-state index is 2.47. The van der Waals surface area contributed by atoms with Crippen molar-refractivity contribution in [2.24, 2.45) is 0 Å². The van der Waals surface area contributed by atoms with E-state index < -0.39 is 0 Å². The van der Waals surface area contributed by atoms with Crippen LogP contribution in [0.25, 0.3) is 241 Å². The van der Waals surface area contributed by atoms with E-state index in [1.54, 1.807) is 0 Å². The van der Waals surface area contributed by atoms with E-state index in [-0.39, 0.29) is 10.8 Å². The topological polar surface area (TPSA) is 9.86 Å². The molecule has 0 unspecified atom stereocenters. The molecule has 2 heterocycles. The molecule has 0 radical (unpaired) electrons. The van der Waals surface area contributed by atoms with Crippen molar-refractivity contribution in [3.05, 3.63) is 495 Å². The van der Waals surface area contributed by atoms with Gasteiger partial charge in [0.2, 0.25) is 0 Å². The fourth-order valence-electron chi connectivity index (χ4n) is 23.4. The Bertz CT molecular complexity index is 9090. The lowest BCUT2D eigenvalue weighted by Crippen LogP contribution is -2.16. The van der Waals surface area contributed by atoms with Gasteiger partial charge in [0.05, 0.1) is 22.1 Å². The van der Waals surface area contributed by atoms with E-state index in [9.17, 15) is 0 Å². The van der Waals surface area contributed by atoms with E-state index in [0.29, 0.717) is 0 Å². The van der Waals surface area contributed by atoms with Crippen LogP contribution in [0, 0.1) is 0 Å². The molecule has 628 valence electrons. The van der Waals surface area contributed by atoms with E-state index in [2.05, 4.69) is 510 Å². The molecule has 0 saturated heterocycles. The summed E-state index contributed by atoms with van der Waals surface area (Å²) >= 11 is 0. The lowest BCUT2D eigenvalue weighted by atomic mass is 9.77. The van der Waals surface area contributed by atoms with Crippen LogP contribution < -0.4 is 0 Å². The number of benzene rings is 24. The maximum Gasteiger partial charge on any atom is 0.0541 e. The average Bonchev–Trinajstić information content (AvgIpc) is 1.53. The molecule has 0 atom stereocenters. The number of para-hydroxylation sites is 4. The zero-order valence-corrected chi connectivity index (χ0v) is 74.9. The molecule has 0 N–H and O–H groups in total. The first kappa shape index (κ1) is 78.3. The molecule has 2 aliphatic carbocycles. The Hall–Kier alpha value is -16.8. The summed E-state index contributed by atoms with van der Waals surface area (Å²) in [5, 5.41) is 28.6. The molecule has 0 amide bonds. The van der Waals surface area contributed by atoms with E-state index in [4.69, 9.17) is 0 Å². The van der Waals surface area contributed by atoms with Crippen LogP contribution in [0.2, 0.25) is 0 Å². The third-order valence-corrected chi connectivity index (χ3v) is 29.5. The van der Waals surface area contributed by atoms with Crippen molar-refractivity contribution in [2.75, 3.05) is 0 Å². The number of aromatic nitrogens is 2. The molecule has 2 aromatic heterocycles. The molecular formula is C132H90N2. The molecule has 28 rings (SSSR count). The van der Waals surface area contributed by atoms with Crippen LogP contribution >= 0.6 is 0 Å². The zero-order chi connectivity index (χ0) is 89.0. The lowest BCUT2D eigenvalue weighted by molar-refractivity contribution is 0.662. The summed E-state index contributed by atoms with van der Waals surface area (Å²) in [6.07, 6.45) is 0. The van der Waals surface area contributed by atoms with Gasteiger partial charge in [0.15, 0.2) is 0 Å². The van der Waals surface area contributed by atoms with Crippen LogP contribution in [0.4, 0.5) is 0 Å². The Labute approximate surface area is 778 Å². The molecule has 24 aromatic carbocycles. The second-order valence-corrected chi connectivity index (χ2v) is 37.6. The second-order valence-electron chi connectivity index (χ2n) is 37.6. The summed E-state index contributed by atoms with van der Waals surface area (Å²) < 4.78 is 4.75. The molecule has 0 fully saturated rings. The van der Waals surface area contributed by atoms with Gasteiger partial charge in [-0.1, -0.05) is 410 Å². The lowest BCUT2D eigenvalue weighted by Gasteiger charge is -2.26. The highest BCUT2D eigenvalue weighted by molar-refractivity contribution is 6.29. The van der Waals surface area contributed by atoms with Crippen molar-refractivity contribution in [1.29, 1.82) is 0 Å². The standard InChI is InChI=1S/C54H40.C42H27N.C36H23N/c1-53(2)49-25-11-9-19-44(49)46-23-13-21-37(51(46)53)35-29-34(30-36(31-35)38-22-14-24-47-45-20-10-12-26-50(45)54(3,4)52(38)47)33-27-28-43-41-17-6-5-15-39(41)40-16-7-8-18-42(40)48(43)32-33;1-2-10-32(11-3-1)43-41-17-9-8-16-38(41)40-27-31(23-25-42(40)43)29-20-18-28(19-21-29)30-22-24-37-35-14-5-4-12-33(35)34-13-6-7-15-36(34)39(37)26-30;1-2-14-29-27(12-1)28-13-3-4-15-30(28)34-23-25(20-21-31(29)34)24-10-9-11-26(22-24)37-35-18-7-5-16-32(35)33-17-6-8-19-36(33)37/h5-32H,1-4H3;1-27H;1-23H. The molecule has 2 heteroatoms. The minimum atomic E-state index is -0.126. The first-order valence-electron chi connectivity index (χ1n) is 46.9. The quantitative estimate of drug-likeness (QED) is 0.134. The minimum absolute atomic E-state index is 0.126. The van der Waals surface area contributed by atoms with Crippen LogP contribution in [-0.2, 0) is 10.8 Å². The van der Waals surface area contributed by atoms with E-state index in [0.717, 1.165) is 0 Å².